The number of imide groups is 1. The number of rotatable bonds is 9. The number of esters is 1. The number of amides is 2. The Morgan fingerprint density at radius 1 is 1.03 bits per heavy atom. The van der Waals surface area contributed by atoms with Crippen molar-refractivity contribution in [2.45, 2.75) is 20.5 Å². The van der Waals surface area contributed by atoms with Crippen molar-refractivity contribution in [3.63, 3.8) is 0 Å². The molecule has 9 heteroatoms. The zero-order valence-electron chi connectivity index (χ0n) is 19.8. The first-order chi connectivity index (χ1) is 17.4. The van der Waals surface area contributed by atoms with Crippen LogP contribution in [-0.2, 0) is 20.9 Å². The lowest BCUT2D eigenvalue weighted by Gasteiger charge is -2.16. The first-order valence-electron chi connectivity index (χ1n) is 11.4. The van der Waals surface area contributed by atoms with Crippen LogP contribution in [-0.4, -0.2) is 41.8 Å². The van der Waals surface area contributed by atoms with Gasteiger partial charge in [-0.1, -0.05) is 42.5 Å². The highest BCUT2D eigenvalue weighted by atomic mass is 79.9. The predicted octanol–water partition coefficient (Wildman–Crippen LogP) is 6.18. The highest BCUT2D eigenvalue weighted by molar-refractivity contribution is 9.10. The largest absolute Gasteiger partial charge is 0.490 e. The molecule has 0 atom stereocenters. The first-order valence-corrected chi connectivity index (χ1v) is 13.0. The molecule has 0 unspecified atom stereocenters. The van der Waals surface area contributed by atoms with Crippen molar-refractivity contribution in [1.29, 1.82) is 0 Å². The molecule has 1 saturated heterocycles. The molecular formula is C27H24BrNO6S. The molecule has 1 aliphatic rings. The molecule has 0 aromatic heterocycles. The van der Waals surface area contributed by atoms with E-state index in [2.05, 4.69) is 34.1 Å². The second-order valence-corrected chi connectivity index (χ2v) is 9.61. The maximum atomic E-state index is 12.7. The quantitative estimate of drug-likeness (QED) is 0.225. The van der Waals surface area contributed by atoms with E-state index >= 15 is 0 Å². The third kappa shape index (κ3) is 5.74. The van der Waals surface area contributed by atoms with E-state index in [0.29, 0.717) is 34.7 Å². The number of carbonyl (C=O) groups is 3. The van der Waals surface area contributed by atoms with E-state index < -0.39 is 23.7 Å². The number of benzene rings is 3. The number of fused-ring (bicyclic) bond motifs is 1. The summed E-state index contributed by atoms with van der Waals surface area (Å²) in [5.41, 5.74) is 1.69. The third-order valence-electron chi connectivity index (χ3n) is 5.35. The Labute approximate surface area is 221 Å². The van der Waals surface area contributed by atoms with Gasteiger partial charge in [0.1, 0.15) is 13.2 Å². The smallest absolute Gasteiger partial charge is 0.326 e. The van der Waals surface area contributed by atoms with Crippen LogP contribution in [0.5, 0.6) is 11.5 Å². The van der Waals surface area contributed by atoms with E-state index in [1.54, 1.807) is 25.1 Å². The van der Waals surface area contributed by atoms with Gasteiger partial charge in [0.2, 0.25) is 0 Å². The molecule has 0 bridgehead atoms. The SMILES string of the molecule is CCOC(=O)CN1C(=O)S/C(=C\c2cc(Br)c(OCc3cccc4ccccc34)c(OCC)c2)C1=O. The minimum absolute atomic E-state index is 0.175. The Morgan fingerprint density at radius 2 is 1.81 bits per heavy atom. The second kappa shape index (κ2) is 11.6. The molecule has 4 rings (SSSR count). The van der Waals surface area contributed by atoms with Crippen LogP contribution in [0.4, 0.5) is 4.79 Å². The van der Waals surface area contributed by atoms with Crippen molar-refractivity contribution in [2.24, 2.45) is 0 Å². The number of carbonyl (C=O) groups excluding carboxylic acids is 3. The predicted molar refractivity (Wildman–Crippen MR) is 143 cm³/mol. The van der Waals surface area contributed by atoms with Gasteiger partial charge in [0.15, 0.2) is 11.5 Å². The zero-order valence-corrected chi connectivity index (χ0v) is 22.2. The molecule has 3 aromatic rings. The highest BCUT2D eigenvalue weighted by Crippen LogP contribution is 2.40. The lowest BCUT2D eigenvalue weighted by molar-refractivity contribution is -0.145. The number of hydrogen-bond donors (Lipinski definition) is 0. The van der Waals surface area contributed by atoms with Crippen molar-refractivity contribution in [3.8, 4) is 11.5 Å². The monoisotopic (exact) mass is 569 g/mol. The van der Waals surface area contributed by atoms with Crippen molar-refractivity contribution < 1.29 is 28.6 Å². The topological polar surface area (TPSA) is 82.1 Å². The van der Waals surface area contributed by atoms with Gasteiger partial charge in [0.25, 0.3) is 11.1 Å². The number of thioether (sulfide) groups is 1. The van der Waals surface area contributed by atoms with Crippen molar-refractivity contribution in [1.82, 2.24) is 4.90 Å². The van der Waals surface area contributed by atoms with E-state index in [0.717, 1.165) is 33.0 Å². The molecule has 3 aromatic carbocycles. The fourth-order valence-corrected chi connectivity index (χ4v) is 5.18. The van der Waals surface area contributed by atoms with Crippen LogP contribution in [0.2, 0.25) is 0 Å². The van der Waals surface area contributed by atoms with Gasteiger partial charge in [0.05, 0.1) is 22.6 Å². The molecule has 7 nitrogen and oxygen atoms in total. The Hall–Kier alpha value is -3.30. The van der Waals surface area contributed by atoms with E-state index in [4.69, 9.17) is 14.2 Å². The third-order valence-corrected chi connectivity index (χ3v) is 6.84. The van der Waals surface area contributed by atoms with Crippen molar-refractivity contribution in [3.05, 3.63) is 75.1 Å². The molecule has 0 radical (unpaired) electrons. The Kier molecular flexibility index (Phi) is 8.32. The Morgan fingerprint density at radius 3 is 2.58 bits per heavy atom. The Balaban J connectivity index is 1.57. The average molecular weight is 570 g/mol. The summed E-state index contributed by atoms with van der Waals surface area (Å²) < 4.78 is 17.5. The molecule has 0 N–H and O–H groups in total. The van der Waals surface area contributed by atoms with Crippen molar-refractivity contribution in [2.75, 3.05) is 19.8 Å². The van der Waals surface area contributed by atoms with Crippen LogP contribution in [0, 0.1) is 0 Å². The van der Waals surface area contributed by atoms with Crippen LogP contribution in [0.15, 0.2) is 64.0 Å². The molecular weight excluding hydrogens is 546 g/mol. The standard InChI is InChI=1S/C27H24BrNO6S/c1-3-33-22-13-17(14-23-26(31)29(27(32)36-23)15-24(30)34-4-2)12-21(28)25(22)35-16-19-10-7-9-18-8-5-6-11-20(18)19/h5-14H,3-4,15-16H2,1-2H3/b23-14-. The highest BCUT2D eigenvalue weighted by Gasteiger charge is 2.36. The summed E-state index contributed by atoms with van der Waals surface area (Å²) in [7, 11) is 0. The van der Waals surface area contributed by atoms with Crippen LogP contribution in [0.3, 0.4) is 0 Å². The van der Waals surface area contributed by atoms with Crippen LogP contribution >= 0.6 is 27.7 Å². The van der Waals surface area contributed by atoms with Gasteiger partial charge in [-0.2, -0.15) is 0 Å². The fourth-order valence-electron chi connectivity index (χ4n) is 3.77. The van der Waals surface area contributed by atoms with E-state index in [-0.39, 0.29) is 11.5 Å². The molecule has 1 aliphatic heterocycles. The molecule has 0 saturated carbocycles. The molecule has 1 fully saturated rings. The molecule has 2 amide bonds. The van der Waals surface area contributed by atoms with Crippen LogP contribution in [0.25, 0.3) is 16.8 Å². The normalized spacial score (nSPS) is 14.5. The van der Waals surface area contributed by atoms with Crippen LogP contribution in [0.1, 0.15) is 25.0 Å². The van der Waals surface area contributed by atoms with Gasteiger partial charge in [-0.25, -0.2) is 0 Å². The summed E-state index contributed by atoms with van der Waals surface area (Å²) in [5.74, 6) is -0.125. The van der Waals surface area contributed by atoms with Gasteiger partial charge in [-0.3, -0.25) is 19.3 Å². The fraction of sp³-hybridized carbons (Fsp3) is 0.222. The number of ether oxygens (including phenoxy) is 3. The summed E-state index contributed by atoms with van der Waals surface area (Å²) in [6.07, 6.45) is 1.60. The van der Waals surface area contributed by atoms with Crippen LogP contribution < -0.4 is 9.47 Å². The lowest BCUT2D eigenvalue weighted by Crippen LogP contribution is -2.34. The minimum Gasteiger partial charge on any atom is -0.490 e. The maximum Gasteiger partial charge on any atom is 0.326 e. The summed E-state index contributed by atoms with van der Waals surface area (Å²) >= 11 is 4.34. The van der Waals surface area contributed by atoms with Gasteiger partial charge < -0.3 is 14.2 Å². The van der Waals surface area contributed by atoms with Gasteiger partial charge >= 0.3 is 5.97 Å². The van der Waals surface area contributed by atoms with E-state index in [1.165, 1.54) is 0 Å². The minimum atomic E-state index is -0.630. The average Bonchev–Trinajstić information content (AvgIpc) is 3.11. The molecule has 1 heterocycles. The van der Waals surface area contributed by atoms with E-state index in [9.17, 15) is 14.4 Å². The lowest BCUT2D eigenvalue weighted by atomic mass is 10.1. The zero-order chi connectivity index (χ0) is 25.7. The summed E-state index contributed by atoms with van der Waals surface area (Å²) in [6, 6.07) is 17.7. The Bertz CT molecular complexity index is 1350. The first kappa shape index (κ1) is 25.8. The number of nitrogens with zero attached hydrogens (tertiary/aromatic N) is 1. The summed E-state index contributed by atoms with van der Waals surface area (Å²) in [4.78, 5) is 37.9. The molecule has 0 aliphatic carbocycles. The summed E-state index contributed by atoms with van der Waals surface area (Å²) in [6.45, 7) is 4.05. The van der Waals surface area contributed by atoms with Gasteiger partial charge in [0, 0.05) is 0 Å². The summed E-state index contributed by atoms with van der Waals surface area (Å²) in [5, 5.41) is 1.73. The molecule has 0 spiro atoms. The molecule has 186 valence electrons. The van der Waals surface area contributed by atoms with Gasteiger partial charge in [-0.05, 0) is 81.6 Å². The molecule has 36 heavy (non-hydrogen) atoms. The maximum absolute atomic E-state index is 12.7. The van der Waals surface area contributed by atoms with Crippen molar-refractivity contribution >= 4 is 61.7 Å². The van der Waals surface area contributed by atoms with Gasteiger partial charge in [-0.15, -0.1) is 0 Å². The number of halogens is 1. The second-order valence-electron chi connectivity index (χ2n) is 7.76. The van der Waals surface area contributed by atoms with E-state index in [1.807, 2.05) is 31.2 Å². The number of hydrogen-bond acceptors (Lipinski definition) is 7.